The quantitative estimate of drug-likeness (QED) is 0.892. The highest BCUT2D eigenvalue weighted by Gasteiger charge is 2.30. The summed E-state index contributed by atoms with van der Waals surface area (Å²) in [6, 6.07) is 5.98. The number of rotatable bonds is 5. The maximum Gasteiger partial charge on any atom is 0.416 e. The van der Waals surface area contributed by atoms with Gasteiger partial charge in [-0.2, -0.15) is 13.2 Å². The van der Waals surface area contributed by atoms with Crippen molar-refractivity contribution in [1.82, 2.24) is 10.2 Å². The zero-order chi connectivity index (χ0) is 15.3. The predicted molar refractivity (Wildman–Crippen MR) is 78.0 cm³/mol. The van der Waals surface area contributed by atoms with E-state index in [1.165, 1.54) is 18.6 Å². The molecule has 0 aromatic heterocycles. The minimum absolute atomic E-state index is 0.410. The van der Waals surface area contributed by atoms with E-state index < -0.39 is 11.7 Å². The zero-order valence-electron chi connectivity index (χ0n) is 12.4. The van der Waals surface area contributed by atoms with Crippen LogP contribution >= 0.6 is 0 Å². The van der Waals surface area contributed by atoms with Crippen molar-refractivity contribution in [3.8, 4) is 0 Å². The van der Waals surface area contributed by atoms with E-state index in [9.17, 15) is 13.2 Å². The van der Waals surface area contributed by atoms with Gasteiger partial charge in [-0.15, -0.1) is 0 Å². The molecule has 0 atom stereocenters. The van der Waals surface area contributed by atoms with E-state index in [2.05, 4.69) is 17.1 Å². The Morgan fingerprint density at radius 1 is 1.24 bits per heavy atom. The highest BCUT2D eigenvalue weighted by molar-refractivity contribution is 5.25. The van der Waals surface area contributed by atoms with E-state index in [1.807, 2.05) is 0 Å². The number of piperidine rings is 1. The SMILES string of the molecule is CCCN1CCC(NCc2cccc(C(F)(F)F)c2)CC1. The Morgan fingerprint density at radius 3 is 2.57 bits per heavy atom. The molecule has 118 valence electrons. The average molecular weight is 300 g/mol. The van der Waals surface area contributed by atoms with Crippen molar-refractivity contribution in [3.05, 3.63) is 35.4 Å². The standard InChI is InChI=1S/C16H23F3N2/c1-2-8-21-9-6-15(7-10-21)20-12-13-4-3-5-14(11-13)16(17,18)19/h3-5,11,15,20H,2,6-10,12H2,1H3. The molecule has 0 amide bonds. The fourth-order valence-corrected chi connectivity index (χ4v) is 2.80. The monoisotopic (exact) mass is 300 g/mol. The molecule has 0 radical (unpaired) electrons. The van der Waals surface area contributed by atoms with Crippen LogP contribution in [0.3, 0.4) is 0 Å². The number of alkyl halides is 3. The van der Waals surface area contributed by atoms with Gasteiger partial charge in [0.15, 0.2) is 0 Å². The Hall–Kier alpha value is -1.07. The van der Waals surface area contributed by atoms with Crippen LogP contribution < -0.4 is 5.32 Å². The van der Waals surface area contributed by atoms with Crippen molar-refractivity contribution in [2.45, 2.75) is 44.9 Å². The first-order valence-corrected chi connectivity index (χ1v) is 7.61. The first kappa shape index (κ1) is 16.3. The molecule has 0 spiro atoms. The number of benzene rings is 1. The van der Waals surface area contributed by atoms with Gasteiger partial charge in [0.05, 0.1) is 5.56 Å². The molecule has 1 aliphatic rings. The first-order valence-electron chi connectivity index (χ1n) is 7.61. The number of likely N-dealkylation sites (tertiary alicyclic amines) is 1. The van der Waals surface area contributed by atoms with Crippen LogP contribution in [0.15, 0.2) is 24.3 Å². The molecule has 0 unspecified atom stereocenters. The smallest absolute Gasteiger partial charge is 0.310 e. The second kappa shape index (κ2) is 7.27. The third-order valence-corrected chi connectivity index (χ3v) is 3.98. The highest BCUT2D eigenvalue weighted by atomic mass is 19.4. The molecule has 1 aliphatic heterocycles. The van der Waals surface area contributed by atoms with E-state index >= 15 is 0 Å². The van der Waals surface area contributed by atoms with Gasteiger partial charge in [-0.25, -0.2) is 0 Å². The van der Waals surface area contributed by atoms with E-state index in [0.29, 0.717) is 18.2 Å². The Kier molecular flexibility index (Phi) is 5.65. The summed E-state index contributed by atoms with van der Waals surface area (Å²) in [5, 5.41) is 3.39. The minimum atomic E-state index is -4.26. The van der Waals surface area contributed by atoms with Gasteiger partial charge in [-0.1, -0.05) is 25.1 Å². The largest absolute Gasteiger partial charge is 0.416 e. The third kappa shape index (κ3) is 5.00. The number of nitrogens with one attached hydrogen (secondary N) is 1. The molecule has 1 saturated heterocycles. The first-order chi connectivity index (χ1) is 9.99. The molecule has 5 heteroatoms. The molecule has 0 aliphatic carbocycles. The van der Waals surface area contributed by atoms with Crippen LogP contribution in [0, 0.1) is 0 Å². The lowest BCUT2D eigenvalue weighted by Gasteiger charge is -2.32. The van der Waals surface area contributed by atoms with Gasteiger partial charge in [0.1, 0.15) is 0 Å². The molecule has 21 heavy (non-hydrogen) atoms. The Balaban J connectivity index is 1.81. The van der Waals surface area contributed by atoms with Gasteiger partial charge in [-0.3, -0.25) is 0 Å². The summed E-state index contributed by atoms with van der Waals surface area (Å²) in [4.78, 5) is 2.45. The van der Waals surface area contributed by atoms with Crippen LogP contribution in [-0.2, 0) is 12.7 Å². The van der Waals surface area contributed by atoms with Gasteiger partial charge >= 0.3 is 6.18 Å². The van der Waals surface area contributed by atoms with E-state index in [4.69, 9.17) is 0 Å². The van der Waals surface area contributed by atoms with Gasteiger partial charge in [0.25, 0.3) is 0 Å². The summed E-state index contributed by atoms with van der Waals surface area (Å²) in [5.74, 6) is 0. The maximum atomic E-state index is 12.7. The molecular formula is C16H23F3N2. The molecule has 1 heterocycles. The molecule has 1 aromatic rings. The Morgan fingerprint density at radius 2 is 1.95 bits per heavy atom. The second-order valence-corrected chi connectivity index (χ2v) is 5.69. The summed E-state index contributed by atoms with van der Waals surface area (Å²) < 4.78 is 38.0. The van der Waals surface area contributed by atoms with Crippen molar-refractivity contribution < 1.29 is 13.2 Å². The summed E-state index contributed by atoms with van der Waals surface area (Å²) in [7, 11) is 0. The molecular weight excluding hydrogens is 277 g/mol. The summed E-state index contributed by atoms with van der Waals surface area (Å²) >= 11 is 0. The van der Waals surface area contributed by atoms with Crippen LogP contribution in [0.1, 0.15) is 37.3 Å². The van der Waals surface area contributed by atoms with Crippen LogP contribution in [0.2, 0.25) is 0 Å². The third-order valence-electron chi connectivity index (χ3n) is 3.98. The fraction of sp³-hybridized carbons (Fsp3) is 0.625. The Labute approximate surface area is 124 Å². The number of hydrogen-bond donors (Lipinski definition) is 1. The van der Waals surface area contributed by atoms with Crippen molar-refractivity contribution in [3.63, 3.8) is 0 Å². The molecule has 0 bridgehead atoms. The molecule has 2 rings (SSSR count). The molecule has 1 aromatic carbocycles. The van der Waals surface area contributed by atoms with Gasteiger partial charge < -0.3 is 10.2 Å². The topological polar surface area (TPSA) is 15.3 Å². The van der Waals surface area contributed by atoms with Crippen LogP contribution in [-0.4, -0.2) is 30.6 Å². The van der Waals surface area contributed by atoms with E-state index in [1.54, 1.807) is 6.07 Å². The molecule has 1 fully saturated rings. The average Bonchev–Trinajstić information content (AvgIpc) is 2.46. The van der Waals surface area contributed by atoms with Crippen molar-refractivity contribution >= 4 is 0 Å². The second-order valence-electron chi connectivity index (χ2n) is 5.69. The number of nitrogens with zero attached hydrogens (tertiary/aromatic N) is 1. The summed E-state index contributed by atoms with van der Waals surface area (Å²) in [6.07, 6.45) is -0.957. The summed E-state index contributed by atoms with van der Waals surface area (Å²) in [5.41, 5.74) is 0.125. The predicted octanol–water partition coefficient (Wildman–Crippen LogP) is 3.67. The van der Waals surface area contributed by atoms with Crippen LogP contribution in [0.25, 0.3) is 0 Å². The zero-order valence-corrected chi connectivity index (χ0v) is 12.4. The molecule has 2 nitrogen and oxygen atoms in total. The normalized spacial score (nSPS) is 18.1. The highest BCUT2D eigenvalue weighted by Crippen LogP contribution is 2.29. The maximum absolute atomic E-state index is 12.7. The number of hydrogen-bond acceptors (Lipinski definition) is 2. The molecule has 0 saturated carbocycles. The lowest BCUT2D eigenvalue weighted by Crippen LogP contribution is -2.42. The Bertz CT molecular complexity index is 437. The van der Waals surface area contributed by atoms with Crippen molar-refractivity contribution in [2.24, 2.45) is 0 Å². The summed E-state index contributed by atoms with van der Waals surface area (Å²) in [6.45, 7) is 5.98. The van der Waals surface area contributed by atoms with Crippen LogP contribution in [0.5, 0.6) is 0 Å². The fourth-order valence-electron chi connectivity index (χ4n) is 2.80. The minimum Gasteiger partial charge on any atom is -0.310 e. The lowest BCUT2D eigenvalue weighted by molar-refractivity contribution is -0.137. The lowest BCUT2D eigenvalue weighted by atomic mass is 10.0. The van der Waals surface area contributed by atoms with Gasteiger partial charge in [-0.05, 0) is 50.5 Å². The molecule has 1 N–H and O–H groups in total. The van der Waals surface area contributed by atoms with Gasteiger partial charge in [0.2, 0.25) is 0 Å². The van der Waals surface area contributed by atoms with Gasteiger partial charge in [0, 0.05) is 12.6 Å². The number of halogens is 3. The van der Waals surface area contributed by atoms with Crippen LogP contribution in [0.4, 0.5) is 13.2 Å². The van der Waals surface area contributed by atoms with Crippen molar-refractivity contribution in [2.75, 3.05) is 19.6 Å². The van der Waals surface area contributed by atoms with E-state index in [0.717, 1.165) is 38.5 Å². The van der Waals surface area contributed by atoms with Crippen molar-refractivity contribution in [1.29, 1.82) is 0 Å². The van der Waals surface area contributed by atoms with E-state index in [-0.39, 0.29) is 0 Å².